The fourth-order valence-electron chi connectivity index (χ4n) is 9.87. The smallest absolute Gasteiger partial charge is 0.247 e. The molecule has 3 aliphatic heterocycles. The molecule has 0 radical (unpaired) electrons. The molecule has 1 aliphatic carbocycles. The molecule has 4 heteroatoms. The lowest BCUT2D eigenvalue weighted by atomic mass is 9.31. The molecule has 242 valence electrons. The molecule has 1 aromatic heterocycles. The minimum absolute atomic E-state index is 0.190. The van der Waals surface area contributed by atoms with Crippen molar-refractivity contribution in [3.8, 4) is 16.8 Å². The van der Waals surface area contributed by atoms with Gasteiger partial charge in [0.25, 0.3) is 0 Å². The average molecular weight is 662 g/mol. The van der Waals surface area contributed by atoms with Crippen molar-refractivity contribution in [1.29, 1.82) is 0 Å². The summed E-state index contributed by atoms with van der Waals surface area (Å²) < 4.78 is 2.57. The summed E-state index contributed by atoms with van der Waals surface area (Å²) in [6.45, 7) is 0.190. The third-order valence-corrected chi connectivity index (χ3v) is 11.9. The molecule has 0 spiro atoms. The van der Waals surface area contributed by atoms with Gasteiger partial charge in [0.1, 0.15) is 0 Å². The van der Waals surface area contributed by atoms with E-state index in [0.717, 1.165) is 17.1 Å². The maximum atomic E-state index is 2.67. The molecule has 8 aromatic rings. The Hall–Kier alpha value is -6.52. The van der Waals surface area contributed by atoms with Crippen molar-refractivity contribution in [1.82, 2.24) is 4.57 Å². The first kappa shape index (κ1) is 28.2. The number of hydrogen-bond donors (Lipinski definition) is 0. The van der Waals surface area contributed by atoms with Crippen molar-refractivity contribution in [3.63, 3.8) is 0 Å². The van der Waals surface area contributed by atoms with Gasteiger partial charge in [0, 0.05) is 56.3 Å². The molecule has 0 amide bonds. The maximum absolute atomic E-state index is 2.67. The van der Waals surface area contributed by atoms with Gasteiger partial charge in [-0.05, 0) is 88.3 Å². The van der Waals surface area contributed by atoms with Crippen LogP contribution >= 0.6 is 0 Å². The van der Waals surface area contributed by atoms with Gasteiger partial charge in [-0.25, -0.2) is 0 Å². The number of benzene rings is 7. The van der Waals surface area contributed by atoms with Crippen LogP contribution in [0.5, 0.6) is 0 Å². The molecule has 2 unspecified atom stereocenters. The Bertz CT molecular complexity index is 2780. The Kier molecular flexibility index (Phi) is 5.70. The standard InChI is InChI=1S/C48H32BN3/c1-3-13-33(14-4-1)50(34-15-5-2-6-16-34)35-27-25-31(26-28-35)32-29-44-46-45(30-32)52-43-24-10-8-18-37(43)39-20-12-22-41(48(39)52)49(46)40-21-11-19-38-36-17-7-9-23-42(36)51(44)47(38)40/h1-30,38,47H. The number of para-hydroxylation sites is 5. The summed E-state index contributed by atoms with van der Waals surface area (Å²) in [4.78, 5) is 5.00. The quantitative estimate of drug-likeness (QED) is 0.174. The van der Waals surface area contributed by atoms with Crippen LogP contribution in [0.1, 0.15) is 11.5 Å². The zero-order valence-electron chi connectivity index (χ0n) is 28.4. The minimum Gasteiger partial charge on any atom is -0.334 e. The zero-order chi connectivity index (χ0) is 33.9. The molecule has 7 aromatic carbocycles. The van der Waals surface area contributed by atoms with Gasteiger partial charge in [0.05, 0.1) is 11.6 Å². The number of aromatic nitrogens is 1. The van der Waals surface area contributed by atoms with Crippen LogP contribution in [-0.4, -0.2) is 17.3 Å². The van der Waals surface area contributed by atoms with E-state index in [9.17, 15) is 0 Å². The number of allylic oxidation sites excluding steroid dienone is 2. The Balaban J connectivity index is 1.11. The summed E-state index contributed by atoms with van der Waals surface area (Å²) in [7, 11) is 0. The average Bonchev–Trinajstić information content (AvgIpc) is 3.74. The van der Waals surface area contributed by atoms with Crippen molar-refractivity contribution in [2.24, 2.45) is 0 Å². The van der Waals surface area contributed by atoms with Crippen LogP contribution < -0.4 is 20.7 Å². The van der Waals surface area contributed by atoms with Gasteiger partial charge in [0.2, 0.25) is 6.71 Å². The van der Waals surface area contributed by atoms with Crippen molar-refractivity contribution in [3.05, 3.63) is 193 Å². The number of hydrogen-bond acceptors (Lipinski definition) is 2. The Morgan fingerprint density at radius 2 is 1.21 bits per heavy atom. The summed E-state index contributed by atoms with van der Waals surface area (Å²) in [5, 5.41) is 2.64. The summed E-state index contributed by atoms with van der Waals surface area (Å²) in [6.07, 6.45) is 7.16. The van der Waals surface area contributed by atoms with Gasteiger partial charge >= 0.3 is 0 Å². The fourth-order valence-corrected chi connectivity index (χ4v) is 9.87. The van der Waals surface area contributed by atoms with Gasteiger partial charge in [-0.15, -0.1) is 0 Å². The van der Waals surface area contributed by atoms with E-state index in [2.05, 4.69) is 196 Å². The highest BCUT2D eigenvalue weighted by Gasteiger charge is 2.51. The molecule has 3 nitrogen and oxygen atoms in total. The van der Waals surface area contributed by atoms with Gasteiger partial charge in [-0.3, -0.25) is 0 Å². The topological polar surface area (TPSA) is 11.4 Å². The molecule has 4 heterocycles. The van der Waals surface area contributed by atoms with E-state index in [1.54, 1.807) is 0 Å². The third kappa shape index (κ3) is 3.71. The highest BCUT2D eigenvalue weighted by molar-refractivity contribution is 6.95. The number of anilines is 5. The van der Waals surface area contributed by atoms with E-state index >= 15 is 0 Å². The highest BCUT2D eigenvalue weighted by atomic mass is 15.2. The first-order chi connectivity index (χ1) is 25.8. The molecule has 0 bridgehead atoms. The second-order valence-electron chi connectivity index (χ2n) is 14.5. The Labute approximate surface area is 303 Å². The lowest BCUT2D eigenvalue weighted by Crippen LogP contribution is -2.59. The zero-order valence-corrected chi connectivity index (χ0v) is 28.4. The van der Waals surface area contributed by atoms with Crippen LogP contribution in [-0.2, 0) is 0 Å². The van der Waals surface area contributed by atoms with Crippen molar-refractivity contribution in [2.45, 2.75) is 12.0 Å². The number of nitrogens with zero attached hydrogens (tertiary/aromatic N) is 3. The SMILES string of the molecule is C1=CC2c3ccccc3N3c4cc(-c5ccc(N(c6ccccc6)c6ccccc6)cc5)cc5c4B(C(=C1)C23)c1cccc2c3ccccc3n-5c12. The van der Waals surface area contributed by atoms with Gasteiger partial charge in [-0.1, -0.05) is 127 Å². The molecule has 0 N–H and O–H groups in total. The van der Waals surface area contributed by atoms with Gasteiger partial charge < -0.3 is 14.4 Å². The van der Waals surface area contributed by atoms with Gasteiger partial charge in [0.15, 0.2) is 0 Å². The molecule has 12 rings (SSSR count). The highest BCUT2D eigenvalue weighted by Crippen LogP contribution is 2.53. The van der Waals surface area contributed by atoms with Crippen molar-refractivity contribution in [2.75, 3.05) is 9.80 Å². The molecule has 0 saturated carbocycles. The van der Waals surface area contributed by atoms with Crippen LogP contribution in [0.15, 0.2) is 187 Å². The minimum atomic E-state index is 0.190. The van der Waals surface area contributed by atoms with E-state index in [1.807, 2.05) is 0 Å². The normalized spacial score (nSPS) is 17.2. The largest absolute Gasteiger partial charge is 0.334 e. The maximum Gasteiger partial charge on any atom is 0.247 e. The lowest BCUT2D eigenvalue weighted by Gasteiger charge is -2.45. The molecule has 0 saturated heterocycles. The van der Waals surface area contributed by atoms with E-state index in [4.69, 9.17) is 0 Å². The molecule has 2 atom stereocenters. The molecular formula is C48H32BN3. The van der Waals surface area contributed by atoms with Crippen LogP contribution in [0.2, 0.25) is 0 Å². The summed E-state index contributed by atoms with van der Waals surface area (Å²) in [5.41, 5.74) is 18.1. The third-order valence-electron chi connectivity index (χ3n) is 11.9. The van der Waals surface area contributed by atoms with E-state index in [1.165, 1.54) is 72.0 Å². The van der Waals surface area contributed by atoms with Crippen LogP contribution in [0.3, 0.4) is 0 Å². The predicted octanol–water partition coefficient (Wildman–Crippen LogP) is 10.5. The number of rotatable bonds is 4. The van der Waals surface area contributed by atoms with Crippen LogP contribution in [0, 0.1) is 0 Å². The Morgan fingerprint density at radius 1 is 0.538 bits per heavy atom. The first-order valence-corrected chi connectivity index (χ1v) is 18.3. The van der Waals surface area contributed by atoms with E-state index in [-0.39, 0.29) is 12.8 Å². The molecule has 52 heavy (non-hydrogen) atoms. The lowest BCUT2D eigenvalue weighted by molar-refractivity contribution is 0.726. The van der Waals surface area contributed by atoms with Crippen LogP contribution in [0.4, 0.5) is 28.4 Å². The summed E-state index contributed by atoms with van der Waals surface area (Å²) in [6, 6.07) is 60.6. The first-order valence-electron chi connectivity index (χ1n) is 18.3. The second kappa shape index (κ2) is 10.5. The molecule has 0 fully saturated rings. The second-order valence-corrected chi connectivity index (χ2v) is 14.5. The van der Waals surface area contributed by atoms with Crippen molar-refractivity contribution < 1.29 is 0 Å². The monoisotopic (exact) mass is 661 g/mol. The van der Waals surface area contributed by atoms with Crippen LogP contribution in [0.25, 0.3) is 38.6 Å². The van der Waals surface area contributed by atoms with E-state index < -0.39 is 0 Å². The van der Waals surface area contributed by atoms with Crippen molar-refractivity contribution >= 4 is 67.9 Å². The number of fused-ring (bicyclic) bond motifs is 10. The van der Waals surface area contributed by atoms with Gasteiger partial charge in [-0.2, -0.15) is 0 Å². The van der Waals surface area contributed by atoms with E-state index in [0.29, 0.717) is 5.92 Å². The molecule has 4 aliphatic rings. The predicted molar refractivity (Wildman–Crippen MR) is 218 cm³/mol. The Morgan fingerprint density at radius 3 is 2.02 bits per heavy atom. The summed E-state index contributed by atoms with van der Waals surface area (Å²) in [5.74, 6) is 0.324. The summed E-state index contributed by atoms with van der Waals surface area (Å²) >= 11 is 0. The fraction of sp³-hybridized carbons (Fsp3) is 0.0417. The molecular weight excluding hydrogens is 629 g/mol.